The highest BCUT2D eigenvalue weighted by Crippen LogP contribution is 2.48. The van der Waals surface area contributed by atoms with Gasteiger partial charge in [0, 0.05) is 48.5 Å². The second-order valence-electron chi connectivity index (χ2n) is 16.1. The van der Waals surface area contributed by atoms with Gasteiger partial charge in [-0.25, -0.2) is 4.98 Å². The summed E-state index contributed by atoms with van der Waals surface area (Å²) in [5, 5.41) is 15.3. The second kappa shape index (κ2) is 10.8. The summed E-state index contributed by atoms with van der Waals surface area (Å²) < 4.78 is 14.0. The molecule has 6 aromatic heterocycles. The fourth-order valence-electron chi connectivity index (χ4n) is 10.8. The highest BCUT2D eigenvalue weighted by molar-refractivity contribution is 6.36. The molecular weight excluding hydrogens is 735 g/mol. The zero-order valence-electron chi connectivity index (χ0n) is 31.9. The molecule has 0 atom stereocenters. The Kier molecular flexibility index (Phi) is 5.57. The predicted octanol–water partition coefficient (Wildman–Crippen LogP) is 14.0. The highest BCUT2D eigenvalue weighted by atomic mass is 16.3. The van der Waals surface area contributed by atoms with Crippen molar-refractivity contribution in [2.24, 2.45) is 0 Å². The lowest BCUT2D eigenvalue weighted by atomic mass is 10.0. The molecule has 0 spiro atoms. The third kappa shape index (κ3) is 3.66. The van der Waals surface area contributed by atoms with Crippen LogP contribution < -0.4 is 0 Å². The Balaban J connectivity index is 1.20. The lowest BCUT2D eigenvalue weighted by molar-refractivity contribution is 0.661. The molecule has 0 saturated carbocycles. The van der Waals surface area contributed by atoms with Crippen LogP contribution in [0.15, 0.2) is 180 Å². The molecule has 0 radical (unpaired) electrons. The minimum Gasteiger partial charge on any atom is -0.450 e. The van der Waals surface area contributed by atoms with Crippen LogP contribution in [0.2, 0.25) is 0 Å². The van der Waals surface area contributed by atoms with Crippen molar-refractivity contribution in [2.45, 2.75) is 0 Å². The van der Waals surface area contributed by atoms with Gasteiger partial charge in [0.1, 0.15) is 11.1 Å². The third-order valence-corrected chi connectivity index (χ3v) is 13.2. The SMILES string of the molecule is c1ccc2c(c1)ccc1c2c2ccccc2n1-c1nc(-n2c3ccc4ccccc4c3c3cc4c5ccccc5n5c6ccccc6c(c32)c45)c2oc3ccccc3c2n1. The van der Waals surface area contributed by atoms with Crippen molar-refractivity contribution >= 4 is 125 Å². The van der Waals surface area contributed by atoms with Gasteiger partial charge in [0.15, 0.2) is 11.4 Å². The lowest BCUT2D eigenvalue weighted by Crippen LogP contribution is -2.06. The second-order valence-corrected chi connectivity index (χ2v) is 16.1. The number of para-hydroxylation sites is 4. The molecule has 0 unspecified atom stereocenters. The molecule has 276 valence electrons. The largest absolute Gasteiger partial charge is 0.450 e. The molecule has 9 aromatic carbocycles. The van der Waals surface area contributed by atoms with E-state index >= 15 is 0 Å². The Morgan fingerprint density at radius 2 is 0.917 bits per heavy atom. The van der Waals surface area contributed by atoms with E-state index in [1.165, 1.54) is 75.8 Å². The van der Waals surface area contributed by atoms with Crippen LogP contribution in [0, 0.1) is 0 Å². The average molecular weight is 764 g/mol. The van der Waals surface area contributed by atoms with Gasteiger partial charge in [-0.3, -0.25) is 9.13 Å². The topological polar surface area (TPSA) is 53.2 Å². The van der Waals surface area contributed by atoms with Crippen molar-refractivity contribution in [1.82, 2.24) is 23.5 Å². The van der Waals surface area contributed by atoms with Gasteiger partial charge >= 0.3 is 0 Å². The summed E-state index contributed by atoms with van der Waals surface area (Å²) >= 11 is 0. The summed E-state index contributed by atoms with van der Waals surface area (Å²) in [6.07, 6.45) is 0. The van der Waals surface area contributed by atoms with Crippen molar-refractivity contribution in [1.29, 1.82) is 0 Å². The summed E-state index contributed by atoms with van der Waals surface area (Å²) in [5.41, 5.74) is 10.1. The number of benzene rings is 9. The first-order chi connectivity index (χ1) is 29.8. The maximum Gasteiger partial charge on any atom is 0.237 e. The van der Waals surface area contributed by atoms with Gasteiger partial charge in [-0.1, -0.05) is 127 Å². The number of furan rings is 1. The molecule has 15 aromatic rings. The van der Waals surface area contributed by atoms with Crippen LogP contribution in [0.5, 0.6) is 0 Å². The third-order valence-electron chi connectivity index (χ3n) is 13.2. The Bertz CT molecular complexity index is 4370. The van der Waals surface area contributed by atoms with Crippen LogP contribution in [0.4, 0.5) is 0 Å². The van der Waals surface area contributed by atoms with Crippen LogP contribution in [0.1, 0.15) is 0 Å². The molecule has 0 fully saturated rings. The van der Waals surface area contributed by atoms with E-state index in [4.69, 9.17) is 14.4 Å². The molecule has 6 nitrogen and oxygen atoms in total. The molecule has 15 rings (SSSR count). The molecule has 6 heterocycles. The smallest absolute Gasteiger partial charge is 0.237 e. The van der Waals surface area contributed by atoms with Crippen LogP contribution in [-0.2, 0) is 0 Å². The van der Waals surface area contributed by atoms with E-state index in [0.29, 0.717) is 17.3 Å². The summed E-state index contributed by atoms with van der Waals surface area (Å²) in [7, 11) is 0. The summed E-state index contributed by atoms with van der Waals surface area (Å²) in [5.74, 6) is 1.30. The monoisotopic (exact) mass is 763 g/mol. The van der Waals surface area contributed by atoms with Crippen molar-refractivity contribution in [3.63, 3.8) is 0 Å². The van der Waals surface area contributed by atoms with Crippen LogP contribution in [0.25, 0.3) is 137 Å². The van der Waals surface area contributed by atoms with Crippen LogP contribution in [0.3, 0.4) is 0 Å². The predicted molar refractivity (Wildman–Crippen MR) is 248 cm³/mol. The molecule has 0 N–H and O–H groups in total. The average Bonchev–Trinajstić information content (AvgIpc) is 4.10. The van der Waals surface area contributed by atoms with E-state index < -0.39 is 0 Å². The maximum absolute atomic E-state index is 6.93. The zero-order chi connectivity index (χ0) is 38.8. The van der Waals surface area contributed by atoms with Gasteiger partial charge in [0.25, 0.3) is 0 Å². The Labute approximate surface area is 339 Å². The fraction of sp³-hybridized carbons (Fsp3) is 0. The van der Waals surface area contributed by atoms with E-state index in [2.05, 4.69) is 177 Å². The van der Waals surface area contributed by atoms with Crippen molar-refractivity contribution in [2.75, 3.05) is 0 Å². The first kappa shape index (κ1) is 30.9. The van der Waals surface area contributed by atoms with Gasteiger partial charge < -0.3 is 8.82 Å². The molecule has 0 amide bonds. The van der Waals surface area contributed by atoms with Gasteiger partial charge in [-0.05, 0) is 70.1 Å². The van der Waals surface area contributed by atoms with E-state index in [-0.39, 0.29) is 0 Å². The molecule has 0 bridgehead atoms. The lowest BCUT2D eigenvalue weighted by Gasteiger charge is -2.12. The van der Waals surface area contributed by atoms with Crippen LogP contribution >= 0.6 is 0 Å². The number of hydrogen-bond acceptors (Lipinski definition) is 3. The summed E-state index contributed by atoms with van der Waals surface area (Å²) in [6.45, 7) is 0. The molecule has 0 aliphatic heterocycles. The van der Waals surface area contributed by atoms with Gasteiger partial charge in [0.2, 0.25) is 5.95 Å². The Morgan fingerprint density at radius 3 is 1.65 bits per heavy atom. The van der Waals surface area contributed by atoms with E-state index in [1.54, 1.807) is 0 Å². The molecule has 0 saturated heterocycles. The molecule has 60 heavy (non-hydrogen) atoms. The van der Waals surface area contributed by atoms with Crippen LogP contribution in [-0.4, -0.2) is 23.5 Å². The standard InChI is InChI=1S/C54H29N5O/c1-3-15-32-30(13-1)25-27-43-46(32)35-18-6-11-23-42(35)58(43)54-55-49-37-20-8-12-24-45(37)60-52(49)53(56-54)59-44-28-26-31-14-2-4-16-33(31)47(44)39-29-38-34-17-5-9-21-40(34)57-41-22-10-7-19-36(41)48(50(38)57)51(39)59/h1-29H. The Morgan fingerprint density at radius 1 is 0.367 bits per heavy atom. The van der Waals surface area contributed by atoms with E-state index in [1.807, 2.05) is 12.1 Å². The van der Waals surface area contributed by atoms with Gasteiger partial charge in [-0.15, -0.1) is 0 Å². The number of hydrogen-bond donors (Lipinski definition) is 0. The fourth-order valence-corrected chi connectivity index (χ4v) is 10.8. The Hall–Kier alpha value is -8.22. The summed E-state index contributed by atoms with van der Waals surface area (Å²) in [4.78, 5) is 11.2. The van der Waals surface area contributed by atoms with Gasteiger partial charge in [0.05, 0.1) is 38.6 Å². The number of fused-ring (bicyclic) bond motifs is 20. The minimum atomic E-state index is 0.591. The van der Waals surface area contributed by atoms with Crippen molar-refractivity contribution in [3.05, 3.63) is 176 Å². The molecule has 6 heteroatoms. The molecule has 0 aliphatic rings. The quantitative estimate of drug-likeness (QED) is 0.176. The normalized spacial score (nSPS) is 12.7. The highest BCUT2D eigenvalue weighted by Gasteiger charge is 2.28. The van der Waals surface area contributed by atoms with E-state index in [0.717, 1.165) is 43.9 Å². The zero-order valence-corrected chi connectivity index (χ0v) is 31.9. The molecular formula is C54H29N5O. The first-order valence-electron chi connectivity index (χ1n) is 20.4. The van der Waals surface area contributed by atoms with Crippen molar-refractivity contribution in [3.8, 4) is 11.8 Å². The maximum atomic E-state index is 6.93. The molecule has 0 aliphatic carbocycles. The van der Waals surface area contributed by atoms with Crippen molar-refractivity contribution < 1.29 is 4.42 Å². The van der Waals surface area contributed by atoms with Gasteiger partial charge in [-0.2, -0.15) is 4.98 Å². The summed E-state index contributed by atoms with van der Waals surface area (Å²) in [6, 6.07) is 63.2. The first-order valence-corrected chi connectivity index (χ1v) is 20.4. The minimum absolute atomic E-state index is 0.591. The number of rotatable bonds is 2. The van der Waals surface area contributed by atoms with E-state index in [9.17, 15) is 0 Å². The number of aromatic nitrogens is 5. The number of nitrogens with zero attached hydrogens (tertiary/aromatic N) is 5.